The van der Waals surface area contributed by atoms with Crippen molar-refractivity contribution < 1.29 is 0 Å². The molecule has 0 aliphatic heterocycles. The molecule has 0 radical (unpaired) electrons. The second kappa shape index (κ2) is 7.29. The molecule has 106 valence electrons. The van der Waals surface area contributed by atoms with Crippen LogP contribution in [0.5, 0.6) is 0 Å². The third-order valence-electron chi connectivity index (χ3n) is 3.41. The van der Waals surface area contributed by atoms with Crippen molar-refractivity contribution >= 4 is 17.3 Å². The topological polar surface area (TPSA) is 27.3 Å². The van der Waals surface area contributed by atoms with Crippen LogP contribution in [0.15, 0.2) is 0 Å². The van der Waals surface area contributed by atoms with Gasteiger partial charge in [-0.25, -0.2) is 0 Å². The van der Waals surface area contributed by atoms with Gasteiger partial charge in [0, 0.05) is 19.1 Å². The van der Waals surface area contributed by atoms with Crippen molar-refractivity contribution in [2.45, 2.75) is 52.0 Å². The minimum absolute atomic E-state index is 0.238. The molecule has 0 aromatic heterocycles. The quantitative estimate of drug-likeness (QED) is 0.751. The van der Waals surface area contributed by atoms with Crippen LogP contribution in [0.25, 0.3) is 0 Å². The van der Waals surface area contributed by atoms with Crippen molar-refractivity contribution in [3.63, 3.8) is 0 Å². The Morgan fingerprint density at radius 3 is 2.39 bits per heavy atom. The third kappa shape index (κ3) is 6.55. The van der Waals surface area contributed by atoms with E-state index in [0.29, 0.717) is 6.04 Å². The van der Waals surface area contributed by atoms with Crippen LogP contribution < -0.4 is 10.6 Å². The molecule has 2 N–H and O–H groups in total. The molecule has 0 bridgehead atoms. The number of hydrogen-bond acceptors (Lipinski definition) is 2. The Morgan fingerprint density at radius 1 is 1.22 bits per heavy atom. The standard InChI is InChI=1S/C14H29N3S/c1-14(2,11-17(3)4)10-15-13(18)16-12-8-6-5-7-9-12/h12H,5-11H2,1-4H3,(H2,15,16,18). The largest absolute Gasteiger partial charge is 0.362 e. The van der Waals surface area contributed by atoms with E-state index in [2.05, 4.69) is 43.5 Å². The summed E-state index contributed by atoms with van der Waals surface area (Å²) in [5.74, 6) is 0. The lowest BCUT2D eigenvalue weighted by molar-refractivity contribution is 0.241. The van der Waals surface area contributed by atoms with Crippen molar-refractivity contribution in [1.29, 1.82) is 0 Å². The molecule has 1 aliphatic rings. The van der Waals surface area contributed by atoms with Crippen LogP contribution >= 0.6 is 12.2 Å². The number of nitrogens with zero attached hydrogens (tertiary/aromatic N) is 1. The maximum atomic E-state index is 5.38. The molecule has 0 aromatic rings. The Morgan fingerprint density at radius 2 is 1.83 bits per heavy atom. The summed E-state index contributed by atoms with van der Waals surface area (Å²) in [4.78, 5) is 2.22. The monoisotopic (exact) mass is 271 g/mol. The summed E-state index contributed by atoms with van der Waals surface area (Å²) >= 11 is 5.38. The number of nitrogens with one attached hydrogen (secondary N) is 2. The first-order valence-electron chi connectivity index (χ1n) is 7.08. The van der Waals surface area contributed by atoms with E-state index in [1.807, 2.05) is 0 Å². The summed E-state index contributed by atoms with van der Waals surface area (Å²) < 4.78 is 0. The Balaban J connectivity index is 2.23. The van der Waals surface area contributed by atoms with Crippen molar-refractivity contribution in [2.75, 3.05) is 27.2 Å². The second-order valence-corrected chi connectivity index (χ2v) is 6.97. The number of hydrogen-bond donors (Lipinski definition) is 2. The second-order valence-electron chi connectivity index (χ2n) is 6.56. The minimum Gasteiger partial charge on any atom is -0.362 e. The van der Waals surface area contributed by atoms with E-state index in [-0.39, 0.29) is 5.41 Å². The third-order valence-corrected chi connectivity index (χ3v) is 3.67. The molecule has 4 heteroatoms. The lowest BCUT2D eigenvalue weighted by Crippen LogP contribution is -2.47. The maximum absolute atomic E-state index is 5.38. The fraction of sp³-hybridized carbons (Fsp3) is 0.929. The zero-order valence-electron chi connectivity index (χ0n) is 12.4. The Hall–Kier alpha value is -0.350. The molecule has 3 nitrogen and oxygen atoms in total. The molecule has 1 rings (SSSR count). The first-order chi connectivity index (χ1) is 8.39. The maximum Gasteiger partial charge on any atom is 0.166 e. The first kappa shape index (κ1) is 15.7. The highest BCUT2D eigenvalue weighted by atomic mass is 32.1. The van der Waals surface area contributed by atoms with E-state index in [9.17, 15) is 0 Å². The summed E-state index contributed by atoms with van der Waals surface area (Å²) in [5, 5.41) is 7.65. The van der Waals surface area contributed by atoms with E-state index in [0.717, 1.165) is 18.2 Å². The smallest absolute Gasteiger partial charge is 0.166 e. The average Bonchev–Trinajstić information content (AvgIpc) is 2.26. The molecule has 0 spiro atoms. The molecule has 1 saturated carbocycles. The van der Waals surface area contributed by atoms with Crippen molar-refractivity contribution in [3.8, 4) is 0 Å². The van der Waals surface area contributed by atoms with Gasteiger partial charge in [0.1, 0.15) is 0 Å². The predicted octanol–water partition coefficient (Wildman–Crippen LogP) is 2.37. The van der Waals surface area contributed by atoms with Gasteiger partial charge in [0.15, 0.2) is 5.11 Å². The predicted molar refractivity (Wildman–Crippen MR) is 82.9 cm³/mol. The van der Waals surface area contributed by atoms with Gasteiger partial charge in [0.2, 0.25) is 0 Å². The first-order valence-corrected chi connectivity index (χ1v) is 7.49. The van der Waals surface area contributed by atoms with E-state index in [1.165, 1.54) is 32.1 Å². The molecule has 0 heterocycles. The Bertz CT molecular complexity index is 258. The van der Waals surface area contributed by atoms with E-state index in [1.54, 1.807) is 0 Å². The van der Waals surface area contributed by atoms with Gasteiger partial charge in [-0.1, -0.05) is 33.1 Å². The summed E-state index contributed by atoms with van der Waals surface area (Å²) in [6.07, 6.45) is 6.60. The van der Waals surface area contributed by atoms with Gasteiger partial charge in [-0.05, 0) is 44.6 Å². The van der Waals surface area contributed by atoms with Gasteiger partial charge in [0.05, 0.1) is 0 Å². The van der Waals surface area contributed by atoms with Gasteiger partial charge < -0.3 is 15.5 Å². The van der Waals surface area contributed by atoms with Gasteiger partial charge in [-0.15, -0.1) is 0 Å². The normalized spacial score (nSPS) is 17.8. The number of thiocarbonyl (C=S) groups is 1. The Labute approximate surface area is 118 Å². The van der Waals surface area contributed by atoms with Crippen molar-refractivity contribution in [3.05, 3.63) is 0 Å². The van der Waals surface area contributed by atoms with Crippen LogP contribution in [0.4, 0.5) is 0 Å². The number of rotatable bonds is 5. The summed E-state index contributed by atoms with van der Waals surface area (Å²) in [6, 6.07) is 0.593. The molecule has 18 heavy (non-hydrogen) atoms. The van der Waals surface area contributed by atoms with Crippen LogP contribution in [0.1, 0.15) is 46.0 Å². The van der Waals surface area contributed by atoms with E-state index < -0.39 is 0 Å². The van der Waals surface area contributed by atoms with Gasteiger partial charge in [-0.2, -0.15) is 0 Å². The highest BCUT2D eigenvalue weighted by Crippen LogP contribution is 2.17. The molecular weight excluding hydrogens is 242 g/mol. The molecule has 0 aromatic carbocycles. The average molecular weight is 271 g/mol. The van der Waals surface area contributed by atoms with Gasteiger partial charge in [0.25, 0.3) is 0 Å². The fourth-order valence-corrected chi connectivity index (χ4v) is 2.95. The highest BCUT2D eigenvalue weighted by Gasteiger charge is 2.20. The zero-order chi connectivity index (χ0) is 13.6. The van der Waals surface area contributed by atoms with Crippen molar-refractivity contribution in [2.24, 2.45) is 5.41 Å². The van der Waals surface area contributed by atoms with E-state index >= 15 is 0 Å². The van der Waals surface area contributed by atoms with Crippen LogP contribution in [0.2, 0.25) is 0 Å². The molecule has 0 saturated heterocycles. The lowest BCUT2D eigenvalue weighted by Gasteiger charge is -2.30. The summed E-state index contributed by atoms with van der Waals surface area (Å²) in [5.41, 5.74) is 0.238. The van der Waals surface area contributed by atoms with Crippen molar-refractivity contribution in [1.82, 2.24) is 15.5 Å². The molecule has 0 atom stereocenters. The molecule has 1 fully saturated rings. The van der Waals surface area contributed by atoms with Gasteiger partial charge >= 0.3 is 0 Å². The van der Waals surface area contributed by atoms with Crippen LogP contribution in [-0.4, -0.2) is 43.2 Å². The van der Waals surface area contributed by atoms with Gasteiger partial charge in [-0.3, -0.25) is 0 Å². The molecular formula is C14H29N3S. The summed E-state index contributed by atoms with van der Waals surface area (Å²) in [6.45, 7) is 6.52. The lowest BCUT2D eigenvalue weighted by atomic mass is 9.93. The Kier molecular flexibility index (Phi) is 6.36. The molecule has 1 aliphatic carbocycles. The summed E-state index contributed by atoms with van der Waals surface area (Å²) in [7, 11) is 4.22. The van der Waals surface area contributed by atoms with Crippen LogP contribution in [0.3, 0.4) is 0 Å². The van der Waals surface area contributed by atoms with E-state index in [4.69, 9.17) is 12.2 Å². The molecule has 0 amide bonds. The zero-order valence-corrected chi connectivity index (χ0v) is 13.2. The SMILES string of the molecule is CN(C)CC(C)(C)CNC(=S)NC1CCCCC1. The molecule has 0 unspecified atom stereocenters. The fourth-order valence-electron chi connectivity index (χ4n) is 2.71. The minimum atomic E-state index is 0.238. The van der Waals surface area contributed by atoms with Crippen LogP contribution in [0, 0.1) is 5.41 Å². The highest BCUT2D eigenvalue weighted by molar-refractivity contribution is 7.80. The van der Waals surface area contributed by atoms with Crippen LogP contribution in [-0.2, 0) is 0 Å².